The fraction of sp³-hybridized carbons (Fsp3) is 0.800. The molecule has 4 heteroatoms. The van der Waals surface area contributed by atoms with Gasteiger partial charge in [-0.1, -0.05) is 19.8 Å². The van der Waals surface area contributed by atoms with Crippen LogP contribution in [0.5, 0.6) is 0 Å². The molecule has 0 aromatic carbocycles. The van der Waals surface area contributed by atoms with Crippen LogP contribution in [-0.4, -0.2) is 0 Å². The summed E-state index contributed by atoms with van der Waals surface area (Å²) >= 11 is 4.59. The summed E-state index contributed by atoms with van der Waals surface area (Å²) in [6, 6.07) is 0. The first-order valence-corrected chi connectivity index (χ1v) is 2.82. The van der Waals surface area contributed by atoms with Gasteiger partial charge in [-0.15, -0.1) is 0 Å². The van der Waals surface area contributed by atoms with Crippen LogP contribution in [0.3, 0.4) is 0 Å². The van der Waals surface area contributed by atoms with Gasteiger partial charge in [0.15, 0.2) is 0 Å². The van der Waals surface area contributed by atoms with Crippen LogP contribution in [-0.2, 0) is 12.6 Å². The van der Waals surface area contributed by atoms with Crippen LogP contribution in [0.25, 0.3) is 0 Å². The Morgan fingerprint density at radius 1 is 1.22 bits per heavy atom. The molecule has 0 N–H and O–H groups in total. The summed E-state index contributed by atoms with van der Waals surface area (Å²) in [5.74, 6) is 1.80. The zero-order chi connectivity index (χ0) is 4.83. The minimum absolute atomic E-state index is 0. The maximum atomic E-state index is 4.59. The van der Waals surface area contributed by atoms with Gasteiger partial charge in [0.05, 0.1) is 0 Å². The Kier molecular flexibility index (Phi) is 63.1. The molecular formula is C5H10Rb3S+. The van der Waals surface area contributed by atoms with E-state index in [-0.39, 0.29) is 175 Å². The Morgan fingerprint density at radius 2 is 1.67 bits per heavy atom. The van der Waals surface area contributed by atoms with Gasteiger partial charge in [-0.3, -0.25) is 0 Å². The Morgan fingerprint density at radius 3 is 1.78 bits per heavy atom. The zero-order valence-electron chi connectivity index (χ0n) is 7.11. The number of hydrogen-bond acceptors (Lipinski definition) is 1. The number of rotatable bonds is 3. The van der Waals surface area contributed by atoms with Crippen molar-refractivity contribution in [3.63, 3.8) is 0 Å². The Balaban J connectivity index is -0.0000000417. The Labute approximate surface area is 211 Å². The van der Waals surface area contributed by atoms with Gasteiger partial charge in [0.1, 0.15) is 0 Å². The van der Waals surface area contributed by atoms with E-state index in [1.54, 1.807) is 5.75 Å². The van der Waals surface area contributed by atoms with Gasteiger partial charge in [-0.05, 0) is 0 Å². The molecule has 0 bridgehead atoms. The van der Waals surface area contributed by atoms with Crippen molar-refractivity contribution in [3.8, 4) is 0 Å². The molecule has 0 aliphatic rings. The minimum atomic E-state index is 0. The van der Waals surface area contributed by atoms with Crippen molar-refractivity contribution < 1.29 is 175 Å². The van der Waals surface area contributed by atoms with E-state index in [9.17, 15) is 0 Å². The minimum Gasteiger partial charge on any atom is -1.01 e. The molecule has 0 unspecified atom stereocenters. The fourth-order valence-electron chi connectivity index (χ4n) is 0.287. The van der Waals surface area contributed by atoms with Gasteiger partial charge >= 0.3 is 175 Å². The topological polar surface area (TPSA) is 0 Å². The third kappa shape index (κ3) is 24.8. The predicted octanol–water partition coefficient (Wildman–Crippen LogP) is -7.10. The first kappa shape index (κ1) is 24.1. The summed E-state index contributed by atoms with van der Waals surface area (Å²) < 4.78 is 0. The van der Waals surface area contributed by atoms with Crippen molar-refractivity contribution in [1.82, 2.24) is 0 Å². The van der Waals surface area contributed by atoms with Crippen LogP contribution in [0.4, 0.5) is 0 Å². The van der Waals surface area contributed by atoms with E-state index in [2.05, 4.69) is 19.6 Å². The van der Waals surface area contributed by atoms with E-state index < -0.39 is 0 Å². The first-order chi connectivity index (χ1) is 2.91. The molecule has 38 valence electrons. The molecule has 0 nitrogen and oxygen atoms in total. The standard InChI is InChI=1S/C5H10S.3Rb/c1-2-3-4-5-6;;;/h5H,2-4H2,1H3;;;/q-2;3*+1. The van der Waals surface area contributed by atoms with Crippen LogP contribution in [0.1, 0.15) is 26.2 Å². The maximum absolute atomic E-state index is 4.59. The van der Waals surface area contributed by atoms with Crippen molar-refractivity contribution in [2.75, 3.05) is 0 Å². The third-order valence-corrected chi connectivity index (χ3v) is 0.911. The smallest absolute Gasteiger partial charge is 1.00 e. The van der Waals surface area contributed by atoms with Crippen molar-refractivity contribution in [2.24, 2.45) is 0 Å². The van der Waals surface area contributed by atoms with Gasteiger partial charge in [0, 0.05) is 0 Å². The molecule has 0 aliphatic carbocycles. The van der Waals surface area contributed by atoms with E-state index >= 15 is 0 Å². The molecule has 0 saturated carbocycles. The molecule has 9 heavy (non-hydrogen) atoms. The summed E-state index contributed by atoms with van der Waals surface area (Å²) in [5, 5.41) is 0. The van der Waals surface area contributed by atoms with E-state index in [1.165, 1.54) is 12.8 Å². The van der Waals surface area contributed by atoms with E-state index in [0.717, 1.165) is 6.42 Å². The van der Waals surface area contributed by atoms with Gasteiger partial charge in [-0.25, -0.2) is 6.42 Å². The summed E-state index contributed by atoms with van der Waals surface area (Å²) in [4.78, 5) is 0. The molecule has 0 saturated heterocycles. The maximum Gasteiger partial charge on any atom is 1.00 e. The second-order valence-corrected chi connectivity index (χ2v) is 1.64. The van der Waals surface area contributed by atoms with Crippen molar-refractivity contribution in [3.05, 3.63) is 5.75 Å². The second-order valence-electron chi connectivity index (χ2n) is 1.31. The van der Waals surface area contributed by atoms with Crippen LogP contribution in [0, 0.1) is 5.75 Å². The van der Waals surface area contributed by atoms with Crippen molar-refractivity contribution in [1.29, 1.82) is 0 Å². The van der Waals surface area contributed by atoms with Crippen LogP contribution >= 0.6 is 0 Å². The van der Waals surface area contributed by atoms with Gasteiger partial charge in [0.2, 0.25) is 0 Å². The first-order valence-electron chi connectivity index (χ1n) is 2.35. The average Bonchev–Trinajstić information content (AvgIpc) is 1.61. The third-order valence-electron chi connectivity index (χ3n) is 0.676. The monoisotopic (exact) mass is 357 g/mol. The Bertz CT molecular complexity index is 24.2. The summed E-state index contributed by atoms with van der Waals surface area (Å²) in [7, 11) is 0. The zero-order valence-corrected chi connectivity index (χ0v) is 22.7. The normalized spacial score (nSPS) is 6.00. The molecule has 0 fully saturated rings. The average molecular weight is 359 g/mol. The second kappa shape index (κ2) is 23.5. The van der Waals surface area contributed by atoms with Gasteiger partial charge in [0.25, 0.3) is 0 Å². The van der Waals surface area contributed by atoms with Gasteiger partial charge < -0.3 is 18.4 Å². The molecule has 0 heterocycles. The van der Waals surface area contributed by atoms with E-state index in [1.807, 2.05) is 0 Å². The van der Waals surface area contributed by atoms with Crippen molar-refractivity contribution in [2.45, 2.75) is 26.2 Å². The van der Waals surface area contributed by atoms with E-state index in [4.69, 9.17) is 0 Å². The molecular weight excluding hydrogens is 349 g/mol. The predicted molar refractivity (Wildman–Crippen MR) is 31.2 cm³/mol. The summed E-state index contributed by atoms with van der Waals surface area (Å²) in [5.41, 5.74) is 0. The molecule has 0 aliphatic heterocycles. The molecule has 0 rings (SSSR count). The SMILES string of the molecule is CCCC[CH-][S-].[Rb+].[Rb+].[Rb+]. The summed E-state index contributed by atoms with van der Waals surface area (Å²) in [6.45, 7) is 2.17. The van der Waals surface area contributed by atoms with E-state index in [0.29, 0.717) is 0 Å². The molecule has 0 spiro atoms. The molecule has 0 amide bonds. The van der Waals surface area contributed by atoms with Crippen LogP contribution in [0.2, 0.25) is 0 Å². The van der Waals surface area contributed by atoms with Crippen LogP contribution < -0.4 is 175 Å². The van der Waals surface area contributed by atoms with Gasteiger partial charge in [-0.2, -0.15) is 0 Å². The molecule has 0 atom stereocenters. The Hall–Kier alpha value is 5.77. The molecule has 0 aromatic rings. The van der Waals surface area contributed by atoms with Crippen molar-refractivity contribution >= 4 is 12.6 Å². The molecule has 0 radical (unpaired) electrons. The number of unbranched alkanes of at least 4 members (excludes halogenated alkanes) is 2. The fourth-order valence-corrected chi connectivity index (χ4v) is 0.454. The van der Waals surface area contributed by atoms with Crippen LogP contribution in [0.15, 0.2) is 0 Å². The largest absolute Gasteiger partial charge is 1.01 e. The molecule has 0 aromatic heterocycles. The quantitative estimate of drug-likeness (QED) is 0.275. The number of hydrogen-bond donors (Lipinski definition) is 0. The summed E-state index contributed by atoms with van der Waals surface area (Å²) in [6.07, 6.45) is 3.61.